The molecule has 0 unspecified atom stereocenters. The summed E-state index contributed by atoms with van der Waals surface area (Å²) in [5.41, 5.74) is 1.10. The van der Waals surface area contributed by atoms with Crippen LogP contribution in [-0.4, -0.2) is 20.6 Å². The van der Waals surface area contributed by atoms with Crippen molar-refractivity contribution in [3.63, 3.8) is 0 Å². The average Bonchev–Trinajstić information content (AvgIpc) is 3.15. The summed E-state index contributed by atoms with van der Waals surface area (Å²) in [4.78, 5) is 28.8. The molecule has 27 heavy (non-hydrogen) atoms. The maximum absolute atomic E-state index is 12.6. The lowest BCUT2D eigenvalue weighted by Gasteiger charge is -2.04. The molecule has 0 amide bonds. The van der Waals surface area contributed by atoms with Crippen molar-refractivity contribution in [3.8, 4) is 17.1 Å². The van der Waals surface area contributed by atoms with Gasteiger partial charge in [0.15, 0.2) is 5.82 Å². The third-order valence-electron chi connectivity index (χ3n) is 3.71. The minimum atomic E-state index is -0.439. The first-order valence-corrected chi connectivity index (χ1v) is 9.15. The zero-order valence-corrected chi connectivity index (χ0v) is 15.6. The molecule has 8 heteroatoms. The van der Waals surface area contributed by atoms with Crippen molar-refractivity contribution in [1.29, 1.82) is 0 Å². The summed E-state index contributed by atoms with van der Waals surface area (Å²) < 4.78 is 6.95. The highest BCUT2D eigenvalue weighted by Gasteiger charge is 2.16. The van der Waals surface area contributed by atoms with Crippen molar-refractivity contribution in [1.82, 2.24) is 14.6 Å². The predicted octanol–water partition coefficient (Wildman–Crippen LogP) is 2.94. The number of hydrogen-bond acceptors (Lipinski definition) is 6. The van der Waals surface area contributed by atoms with E-state index in [0.29, 0.717) is 31.7 Å². The topological polar surface area (TPSA) is 73.6 Å². The second-order valence-electron chi connectivity index (χ2n) is 5.69. The number of benzene rings is 2. The number of carbonyl (C=O) groups is 1. The van der Waals surface area contributed by atoms with E-state index in [1.165, 1.54) is 22.8 Å². The molecule has 6 nitrogen and oxygen atoms in total. The molecule has 0 bridgehead atoms. The van der Waals surface area contributed by atoms with E-state index >= 15 is 0 Å². The van der Waals surface area contributed by atoms with Crippen molar-refractivity contribution >= 4 is 39.9 Å². The van der Waals surface area contributed by atoms with Crippen LogP contribution in [0.1, 0.15) is 12.5 Å². The van der Waals surface area contributed by atoms with E-state index in [-0.39, 0.29) is 5.56 Å². The van der Waals surface area contributed by atoms with Gasteiger partial charge >= 0.3 is 5.97 Å². The molecule has 2 aromatic carbocycles. The Hall–Kier alpha value is -3.03. The monoisotopic (exact) mass is 397 g/mol. The van der Waals surface area contributed by atoms with E-state index in [2.05, 4.69) is 10.1 Å². The molecule has 0 radical (unpaired) electrons. The number of fused-ring (bicyclic) bond motifs is 1. The van der Waals surface area contributed by atoms with Crippen LogP contribution in [0.2, 0.25) is 5.02 Å². The number of para-hydroxylation sites is 1. The van der Waals surface area contributed by atoms with Crippen molar-refractivity contribution in [2.24, 2.45) is 0 Å². The normalized spacial score (nSPS) is 11.9. The summed E-state index contributed by atoms with van der Waals surface area (Å²) in [5, 5.41) is 4.89. The molecule has 0 N–H and O–H groups in total. The number of halogens is 1. The second-order valence-corrected chi connectivity index (χ2v) is 7.14. The Labute approximate surface area is 162 Å². The lowest BCUT2D eigenvalue weighted by atomic mass is 10.2. The van der Waals surface area contributed by atoms with Gasteiger partial charge in [0.25, 0.3) is 5.56 Å². The van der Waals surface area contributed by atoms with Crippen molar-refractivity contribution in [2.75, 3.05) is 0 Å². The fourth-order valence-corrected chi connectivity index (χ4v) is 3.70. The largest absolute Gasteiger partial charge is 0.426 e. The molecule has 0 atom stereocenters. The van der Waals surface area contributed by atoms with Gasteiger partial charge in [-0.1, -0.05) is 47.2 Å². The van der Waals surface area contributed by atoms with E-state index in [9.17, 15) is 9.59 Å². The second kappa shape index (κ2) is 6.94. The number of aromatic nitrogens is 3. The Balaban J connectivity index is 1.80. The number of nitrogens with zero attached hydrogens (tertiary/aromatic N) is 3. The highest BCUT2D eigenvalue weighted by atomic mass is 35.5. The standard InChI is InChI=1S/C19H12ClN3O3S/c1-11(24)26-15-8-3-2-7-14(15)17-21-19-23(22-17)18(25)16(27-19)10-12-5-4-6-13(20)9-12/h2-10H,1H3. The van der Waals surface area contributed by atoms with Crippen LogP contribution >= 0.6 is 22.9 Å². The third kappa shape index (κ3) is 3.47. The quantitative estimate of drug-likeness (QED) is 0.392. The molecular formula is C19H12ClN3O3S. The lowest BCUT2D eigenvalue weighted by Crippen LogP contribution is -2.23. The molecule has 134 valence electrons. The zero-order valence-electron chi connectivity index (χ0n) is 14.0. The van der Waals surface area contributed by atoms with Gasteiger partial charge in [0.05, 0.1) is 10.1 Å². The first-order valence-electron chi connectivity index (χ1n) is 7.96. The van der Waals surface area contributed by atoms with Gasteiger partial charge in [-0.05, 0) is 35.9 Å². The highest BCUT2D eigenvalue weighted by molar-refractivity contribution is 7.15. The Bertz CT molecular complexity index is 1280. The molecule has 0 aliphatic heterocycles. The van der Waals surface area contributed by atoms with E-state index < -0.39 is 5.97 Å². The van der Waals surface area contributed by atoms with E-state index in [1.807, 2.05) is 12.1 Å². The van der Waals surface area contributed by atoms with Gasteiger partial charge in [-0.3, -0.25) is 9.59 Å². The molecule has 0 fully saturated rings. The van der Waals surface area contributed by atoms with Crippen LogP contribution in [0.15, 0.2) is 53.3 Å². The fraction of sp³-hybridized carbons (Fsp3) is 0.0526. The molecule has 2 heterocycles. The predicted molar refractivity (Wildman–Crippen MR) is 104 cm³/mol. The molecule has 0 spiro atoms. The van der Waals surface area contributed by atoms with E-state index in [4.69, 9.17) is 16.3 Å². The van der Waals surface area contributed by atoms with E-state index in [0.717, 1.165) is 5.56 Å². The number of hydrogen-bond donors (Lipinski definition) is 0. The average molecular weight is 398 g/mol. The first-order chi connectivity index (χ1) is 13.0. The van der Waals surface area contributed by atoms with Gasteiger partial charge in [0.1, 0.15) is 5.75 Å². The van der Waals surface area contributed by atoms with Gasteiger partial charge in [0, 0.05) is 11.9 Å². The molecule has 0 aliphatic carbocycles. The van der Waals surface area contributed by atoms with Crippen LogP contribution in [0.3, 0.4) is 0 Å². The highest BCUT2D eigenvalue weighted by Crippen LogP contribution is 2.27. The number of esters is 1. The minimum absolute atomic E-state index is 0.265. The van der Waals surface area contributed by atoms with Gasteiger partial charge in [-0.2, -0.15) is 9.50 Å². The molecular weight excluding hydrogens is 386 g/mol. The number of rotatable bonds is 3. The van der Waals surface area contributed by atoms with Gasteiger partial charge < -0.3 is 4.74 Å². The Kier molecular flexibility index (Phi) is 4.47. The van der Waals surface area contributed by atoms with Crippen LogP contribution in [0, 0.1) is 0 Å². The van der Waals surface area contributed by atoms with Gasteiger partial charge in [-0.25, -0.2) is 0 Å². The maximum atomic E-state index is 12.6. The smallest absolute Gasteiger partial charge is 0.308 e. The maximum Gasteiger partial charge on any atom is 0.308 e. The van der Waals surface area contributed by atoms with Crippen molar-refractivity contribution < 1.29 is 9.53 Å². The summed E-state index contributed by atoms with van der Waals surface area (Å²) in [6.45, 7) is 1.32. The van der Waals surface area contributed by atoms with Crippen LogP contribution in [-0.2, 0) is 4.79 Å². The Morgan fingerprint density at radius 3 is 2.78 bits per heavy atom. The minimum Gasteiger partial charge on any atom is -0.426 e. The van der Waals surface area contributed by atoms with E-state index in [1.54, 1.807) is 42.5 Å². The number of carbonyl (C=O) groups excluding carboxylic acids is 1. The van der Waals surface area contributed by atoms with Crippen LogP contribution in [0.5, 0.6) is 5.75 Å². The van der Waals surface area contributed by atoms with Crippen molar-refractivity contribution in [3.05, 3.63) is 74.0 Å². The fourth-order valence-electron chi connectivity index (χ4n) is 2.59. The Morgan fingerprint density at radius 2 is 2.04 bits per heavy atom. The summed E-state index contributed by atoms with van der Waals surface area (Å²) in [5.74, 6) is 0.234. The van der Waals surface area contributed by atoms with Crippen LogP contribution < -0.4 is 14.8 Å². The summed E-state index contributed by atoms with van der Waals surface area (Å²) in [7, 11) is 0. The number of ether oxygens (including phenoxy) is 1. The van der Waals surface area contributed by atoms with Gasteiger partial charge in [-0.15, -0.1) is 5.10 Å². The summed E-state index contributed by atoms with van der Waals surface area (Å²) in [6, 6.07) is 14.2. The zero-order chi connectivity index (χ0) is 19.0. The molecule has 0 saturated carbocycles. The Morgan fingerprint density at radius 1 is 1.22 bits per heavy atom. The molecule has 0 aliphatic rings. The molecule has 0 saturated heterocycles. The van der Waals surface area contributed by atoms with Crippen LogP contribution in [0.4, 0.5) is 0 Å². The lowest BCUT2D eigenvalue weighted by molar-refractivity contribution is -0.131. The van der Waals surface area contributed by atoms with Gasteiger partial charge in [0.2, 0.25) is 4.96 Å². The molecule has 4 aromatic rings. The third-order valence-corrected chi connectivity index (χ3v) is 4.90. The van der Waals surface area contributed by atoms with Crippen molar-refractivity contribution in [2.45, 2.75) is 6.92 Å². The first kappa shape index (κ1) is 17.4. The summed E-state index contributed by atoms with van der Waals surface area (Å²) >= 11 is 7.22. The van der Waals surface area contributed by atoms with Crippen LogP contribution in [0.25, 0.3) is 22.4 Å². The SMILES string of the molecule is CC(=O)Oc1ccccc1-c1nc2sc(=Cc3cccc(Cl)c3)c(=O)n2n1. The molecule has 2 aromatic heterocycles. The summed E-state index contributed by atoms with van der Waals surface area (Å²) in [6.07, 6.45) is 1.75. The molecule has 4 rings (SSSR count). The number of thiazole rings is 1.